The van der Waals surface area contributed by atoms with Crippen molar-refractivity contribution in [3.8, 4) is 0 Å². The molecule has 1 atom stereocenters. The van der Waals surface area contributed by atoms with Gasteiger partial charge in [0.25, 0.3) is 5.91 Å². The summed E-state index contributed by atoms with van der Waals surface area (Å²) in [6.45, 7) is 2.50. The summed E-state index contributed by atoms with van der Waals surface area (Å²) in [6, 6.07) is 15.0. The number of amides is 3. The number of para-hydroxylation sites is 2. The van der Waals surface area contributed by atoms with Crippen LogP contribution in [-0.4, -0.2) is 74.3 Å². The van der Waals surface area contributed by atoms with E-state index in [1.54, 1.807) is 24.1 Å². The number of nitrogens with one attached hydrogen (secondary N) is 2. The van der Waals surface area contributed by atoms with Gasteiger partial charge in [0.1, 0.15) is 6.54 Å². The molecule has 2 heterocycles. The number of benzene rings is 2. The van der Waals surface area contributed by atoms with E-state index in [1.165, 1.54) is 0 Å². The summed E-state index contributed by atoms with van der Waals surface area (Å²) >= 11 is 0. The summed E-state index contributed by atoms with van der Waals surface area (Å²) in [7, 11) is 3.68. The van der Waals surface area contributed by atoms with Crippen LogP contribution in [0.3, 0.4) is 0 Å². The normalized spacial score (nSPS) is 19.5. The summed E-state index contributed by atoms with van der Waals surface area (Å²) < 4.78 is 0. The van der Waals surface area contributed by atoms with Crippen LogP contribution in [0.15, 0.2) is 48.5 Å². The Labute approximate surface area is 181 Å². The number of anilines is 2. The number of likely N-dealkylation sites (N-methyl/N-ethyl adjacent to an activating group) is 1. The fourth-order valence-corrected chi connectivity index (χ4v) is 4.20. The van der Waals surface area contributed by atoms with E-state index in [9.17, 15) is 14.4 Å². The minimum Gasteiger partial charge on any atom is -0.355 e. The number of nitrogens with zero attached hydrogens (tertiary/aromatic N) is 3. The van der Waals surface area contributed by atoms with Crippen molar-refractivity contribution in [1.82, 2.24) is 15.1 Å². The zero-order valence-corrected chi connectivity index (χ0v) is 17.8. The van der Waals surface area contributed by atoms with Gasteiger partial charge in [-0.2, -0.15) is 0 Å². The molecule has 2 aromatic carbocycles. The Morgan fingerprint density at radius 3 is 2.74 bits per heavy atom. The number of hydrogen-bond acceptors (Lipinski definition) is 5. The zero-order valence-electron chi connectivity index (χ0n) is 17.8. The van der Waals surface area contributed by atoms with Crippen molar-refractivity contribution in [1.29, 1.82) is 0 Å². The molecule has 0 unspecified atom stereocenters. The largest absolute Gasteiger partial charge is 0.355 e. The van der Waals surface area contributed by atoms with Crippen molar-refractivity contribution in [2.45, 2.75) is 6.04 Å². The van der Waals surface area contributed by atoms with Crippen LogP contribution < -0.4 is 15.5 Å². The van der Waals surface area contributed by atoms with E-state index < -0.39 is 0 Å². The SMILES string of the molecule is CNC(=O)c1cccc([C@H]2CN(CC(=O)N3CC(=O)Nc4ccccc43)CCN2C)c1. The highest BCUT2D eigenvalue weighted by atomic mass is 16.2. The topological polar surface area (TPSA) is 85.0 Å². The molecule has 162 valence electrons. The van der Waals surface area contributed by atoms with Crippen LogP contribution >= 0.6 is 0 Å². The fourth-order valence-electron chi connectivity index (χ4n) is 4.20. The van der Waals surface area contributed by atoms with Crippen molar-refractivity contribution in [2.24, 2.45) is 0 Å². The molecule has 1 fully saturated rings. The highest BCUT2D eigenvalue weighted by molar-refractivity contribution is 6.10. The Bertz CT molecular complexity index is 1010. The highest BCUT2D eigenvalue weighted by Crippen LogP contribution is 2.30. The summed E-state index contributed by atoms with van der Waals surface area (Å²) in [5.74, 6) is -0.395. The molecular formula is C23H27N5O3. The lowest BCUT2D eigenvalue weighted by molar-refractivity contribution is -0.123. The average molecular weight is 422 g/mol. The standard InChI is InChI=1S/C23H27N5O3/c1-24-23(31)17-7-5-6-16(12-17)20-13-27(11-10-26(20)2)15-22(30)28-14-21(29)25-18-8-3-4-9-19(18)28/h3-9,12,20H,10-11,13-15H2,1-2H3,(H,24,31)(H,25,29)/t20-/m1/s1. The summed E-state index contributed by atoms with van der Waals surface area (Å²) in [4.78, 5) is 43.1. The van der Waals surface area contributed by atoms with Gasteiger partial charge in [-0.05, 0) is 36.9 Å². The van der Waals surface area contributed by atoms with Crippen molar-refractivity contribution >= 4 is 29.1 Å². The molecule has 3 amide bonds. The van der Waals surface area contributed by atoms with Crippen LogP contribution in [-0.2, 0) is 9.59 Å². The van der Waals surface area contributed by atoms with E-state index in [2.05, 4.69) is 27.5 Å². The smallest absolute Gasteiger partial charge is 0.251 e. The van der Waals surface area contributed by atoms with E-state index in [4.69, 9.17) is 0 Å². The second-order valence-electron chi connectivity index (χ2n) is 7.98. The molecule has 31 heavy (non-hydrogen) atoms. The molecule has 2 N–H and O–H groups in total. The Morgan fingerprint density at radius 1 is 1.13 bits per heavy atom. The van der Waals surface area contributed by atoms with Crippen LogP contribution in [0.4, 0.5) is 11.4 Å². The molecule has 2 aromatic rings. The van der Waals surface area contributed by atoms with Gasteiger partial charge < -0.3 is 10.6 Å². The Balaban J connectivity index is 1.49. The first kappa shape index (κ1) is 21.0. The third-order valence-corrected chi connectivity index (χ3v) is 5.92. The molecular weight excluding hydrogens is 394 g/mol. The van der Waals surface area contributed by atoms with E-state index in [1.807, 2.05) is 36.4 Å². The molecule has 2 aliphatic rings. The number of rotatable bonds is 4. The van der Waals surface area contributed by atoms with Gasteiger partial charge in [0, 0.05) is 38.3 Å². The molecule has 2 aliphatic heterocycles. The monoisotopic (exact) mass is 421 g/mol. The molecule has 4 rings (SSSR count). The predicted octanol–water partition coefficient (Wildman–Crippen LogP) is 1.32. The second kappa shape index (κ2) is 8.87. The van der Waals surface area contributed by atoms with E-state index in [-0.39, 0.29) is 36.9 Å². The first-order chi connectivity index (χ1) is 15.0. The van der Waals surface area contributed by atoms with Gasteiger partial charge in [0.15, 0.2) is 0 Å². The first-order valence-electron chi connectivity index (χ1n) is 10.4. The van der Waals surface area contributed by atoms with Crippen molar-refractivity contribution in [3.05, 3.63) is 59.7 Å². The summed E-state index contributed by atoms with van der Waals surface area (Å²) in [6.07, 6.45) is 0. The number of fused-ring (bicyclic) bond motifs is 1. The van der Waals surface area contributed by atoms with Gasteiger partial charge in [0.2, 0.25) is 11.8 Å². The highest BCUT2D eigenvalue weighted by Gasteiger charge is 2.31. The Morgan fingerprint density at radius 2 is 1.94 bits per heavy atom. The van der Waals surface area contributed by atoms with E-state index in [0.29, 0.717) is 17.8 Å². The lowest BCUT2D eigenvalue weighted by Crippen LogP contribution is -2.52. The minimum atomic E-state index is -0.186. The van der Waals surface area contributed by atoms with Gasteiger partial charge in [-0.1, -0.05) is 24.3 Å². The van der Waals surface area contributed by atoms with E-state index in [0.717, 1.165) is 24.3 Å². The third kappa shape index (κ3) is 4.45. The molecule has 0 aromatic heterocycles. The van der Waals surface area contributed by atoms with Crippen LogP contribution in [0.25, 0.3) is 0 Å². The summed E-state index contributed by atoms with van der Waals surface area (Å²) in [5, 5.41) is 5.48. The molecule has 0 saturated carbocycles. The van der Waals surface area contributed by atoms with E-state index >= 15 is 0 Å². The first-order valence-corrected chi connectivity index (χ1v) is 10.4. The number of carbonyl (C=O) groups excluding carboxylic acids is 3. The number of hydrogen-bond donors (Lipinski definition) is 2. The van der Waals surface area contributed by atoms with Crippen LogP contribution in [0, 0.1) is 0 Å². The van der Waals surface area contributed by atoms with Crippen molar-refractivity contribution in [2.75, 3.05) is 57.0 Å². The Kier molecular flexibility index (Phi) is 6.01. The number of piperazine rings is 1. The van der Waals surface area contributed by atoms with Crippen molar-refractivity contribution < 1.29 is 14.4 Å². The quantitative estimate of drug-likeness (QED) is 0.778. The lowest BCUT2D eigenvalue weighted by atomic mass is 10.00. The zero-order chi connectivity index (χ0) is 22.0. The second-order valence-corrected chi connectivity index (χ2v) is 7.98. The van der Waals surface area contributed by atoms with Gasteiger partial charge >= 0.3 is 0 Å². The maximum atomic E-state index is 13.1. The van der Waals surface area contributed by atoms with Gasteiger partial charge in [-0.25, -0.2) is 0 Å². The molecule has 8 heteroatoms. The molecule has 0 spiro atoms. The van der Waals surface area contributed by atoms with Gasteiger partial charge in [-0.3, -0.25) is 29.1 Å². The molecule has 0 aliphatic carbocycles. The predicted molar refractivity (Wildman–Crippen MR) is 119 cm³/mol. The maximum Gasteiger partial charge on any atom is 0.251 e. The molecule has 1 saturated heterocycles. The fraction of sp³-hybridized carbons (Fsp3) is 0.348. The molecule has 8 nitrogen and oxygen atoms in total. The van der Waals surface area contributed by atoms with Gasteiger partial charge in [-0.15, -0.1) is 0 Å². The van der Waals surface area contributed by atoms with Gasteiger partial charge in [0.05, 0.1) is 17.9 Å². The average Bonchev–Trinajstić information content (AvgIpc) is 2.79. The van der Waals surface area contributed by atoms with Crippen molar-refractivity contribution in [3.63, 3.8) is 0 Å². The number of carbonyl (C=O) groups is 3. The van der Waals surface area contributed by atoms with Crippen LogP contribution in [0.5, 0.6) is 0 Å². The molecule has 0 bridgehead atoms. The summed E-state index contributed by atoms with van der Waals surface area (Å²) in [5.41, 5.74) is 3.06. The molecule has 0 radical (unpaired) electrons. The lowest BCUT2D eigenvalue weighted by Gasteiger charge is -2.40. The minimum absolute atomic E-state index is 0.0290. The third-order valence-electron chi connectivity index (χ3n) is 5.92. The maximum absolute atomic E-state index is 13.1. The van der Waals surface area contributed by atoms with Crippen LogP contribution in [0.1, 0.15) is 22.0 Å². The van der Waals surface area contributed by atoms with Crippen LogP contribution in [0.2, 0.25) is 0 Å². The Hall–Kier alpha value is -3.23.